The average molecular weight is 511 g/mol. The second kappa shape index (κ2) is 16.5. The summed E-state index contributed by atoms with van der Waals surface area (Å²) in [5.41, 5.74) is 10.5. The Kier molecular flexibility index (Phi) is 13.7. The third kappa shape index (κ3) is 9.79. The van der Waals surface area contributed by atoms with Crippen LogP contribution in [0.3, 0.4) is 0 Å². The molecule has 0 bridgehead atoms. The number of morpholine rings is 1. The van der Waals surface area contributed by atoms with Crippen molar-refractivity contribution in [3.05, 3.63) is 53.6 Å². The zero-order chi connectivity index (χ0) is 27.1. The molecule has 1 fully saturated rings. The van der Waals surface area contributed by atoms with Crippen LogP contribution in [0.5, 0.6) is 5.75 Å². The quantitative estimate of drug-likeness (QED) is 0.309. The number of amides is 1. The second-order valence-electron chi connectivity index (χ2n) is 10.6. The zero-order valence-electron chi connectivity index (χ0n) is 24.0. The largest absolute Gasteiger partial charge is 0.496 e. The Morgan fingerprint density at radius 1 is 0.973 bits per heavy atom. The van der Waals surface area contributed by atoms with Gasteiger partial charge in [-0.1, -0.05) is 96.2 Å². The molecule has 0 spiro atoms. The molecule has 1 heterocycles. The molecule has 0 saturated carbocycles. The predicted molar refractivity (Wildman–Crippen MR) is 155 cm³/mol. The van der Waals surface area contributed by atoms with Crippen LogP contribution in [-0.2, 0) is 21.5 Å². The lowest BCUT2D eigenvalue weighted by atomic mass is 9.79. The normalized spacial score (nSPS) is 13.6. The Morgan fingerprint density at radius 2 is 1.65 bits per heavy atom. The van der Waals surface area contributed by atoms with Crippen LogP contribution < -0.4 is 10.5 Å². The minimum Gasteiger partial charge on any atom is -0.496 e. The summed E-state index contributed by atoms with van der Waals surface area (Å²) in [5.74, 6) is 1.12. The maximum atomic E-state index is 12.3. The van der Waals surface area contributed by atoms with E-state index in [0.29, 0.717) is 26.2 Å². The molecule has 2 N–H and O–H groups in total. The molecule has 5 nitrogen and oxygen atoms in total. The number of nitrogens with zero attached hydrogens (tertiary/aromatic N) is 1. The first-order valence-electron chi connectivity index (χ1n) is 14.2. The van der Waals surface area contributed by atoms with Gasteiger partial charge in [0, 0.05) is 31.6 Å². The molecule has 5 heteroatoms. The van der Waals surface area contributed by atoms with Crippen LogP contribution in [0.2, 0.25) is 0 Å². The fourth-order valence-electron chi connectivity index (χ4n) is 4.75. The van der Waals surface area contributed by atoms with E-state index in [1.165, 1.54) is 31.2 Å². The molecule has 37 heavy (non-hydrogen) atoms. The lowest BCUT2D eigenvalue weighted by molar-refractivity contribution is -0.135. The highest BCUT2D eigenvalue weighted by atomic mass is 16.5. The van der Waals surface area contributed by atoms with Crippen molar-refractivity contribution in [1.29, 1.82) is 0 Å². The number of benzene rings is 2. The molecule has 3 rings (SSSR count). The first kappa shape index (κ1) is 30.9. The Bertz CT molecular complexity index is 931. The van der Waals surface area contributed by atoms with Crippen LogP contribution in [-0.4, -0.2) is 44.2 Å². The molecule has 0 radical (unpaired) electrons. The molecular weight excluding hydrogens is 460 g/mol. The minimum atomic E-state index is 0.00120. The van der Waals surface area contributed by atoms with Crippen LogP contribution in [0.4, 0.5) is 0 Å². The van der Waals surface area contributed by atoms with Crippen LogP contribution in [0.1, 0.15) is 90.2 Å². The van der Waals surface area contributed by atoms with Gasteiger partial charge in [-0.3, -0.25) is 4.79 Å². The summed E-state index contributed by atoms with van der Waals surface area (Å²) < 4.78 is 11.1. The number of carbonyl (C=O) groups is 1. The van der Waals surface area contributed by atoms with Gasteiger partial charge in [0.15, 0.2) is 0 Å². The number of unbranched alkanes of at least 4 members (excludes halogenated alkanes) is 4. The molecule has 206 valence electrons. The summed E-state index contributed by atoms with van der Waals surface area (Å²) in [6.45, 7) is 12.3. The average Bonchev–Trinajstić information content (AvgIpc) is 2.94. The molecule has 2 aromatic carbocycles. The molecule has 1 aliphatic rings. The van der Waals surface area contributed by atoms with Gasteiger partial charge < -0.3 is 20.1 Å². The molecule has 1 aliphatic heterocycles. The minimum absolute atomic E-state index is 0.00120. The molecule has 0 aliphatic carbocycles. The predicted octanol–water partition coefficient (Wildman–Crippen LogP) is 7.10. The highest BCUT2D eigenvalue weighted by molar-refractivity contribution is 5.76. The number of rotatable bonds is 12. The van der Waals surface area contributed by atoms with Gasteiger partial charge in [0.1, 0.15) is 5.75 Å². The standard InChI is InChI=1S/C26H36N2O3.C6H14/c1-26(2,13-7-6-10-25(29)28-14-16-31-17-15-28)21-11-12-23(24(18-21)30-3)22-9-5-4-8-20(22)19-27;1-3-5-6-4-2/h4-5,8-9,11-12,18H,6-7,10,13-17,19,27H2,1-3H3;3-6H2,1-2H3. The van der Waals surface area contributed by atoms with Gasteiger partial charge in [0.25, 0.3) is 0 Å². The van der Waals surface area contributed by atoms with Crippen molar-refractivity contribution in [3.63, 3.8) is 0 Å². The summed E-state index contributed by atoms with van der Waals surface area (Å²) in [6, 6.07) is 14.7. The number of methoxy groups -OCH3 is 1. The number of hydrogen-bond donors (Lipinski definition) is 1. The maximum absolute atomic E-state index is 12.3. The van der Waals surface area contributed by atoms with Crippen molar-refractivity contribution in [3.8, 4) is 16.9 Å². The van der Waals surface area contributed by atoms with E-state index in [1.54, 1.807) is 7.11 Å². The molecule has 2 aromatic rings. The number of hydrogen-bond acceptors (Lipinski definition) is 4. The smallest absolute Gasteiger partial charge is 0.222 e. The Hall–Kier alpha value is -2.37. The zero-order valence-corrected chi connectivity index (χ0v) is 24.0. The first-order valence-corrected chi connectivity index (χ1v) is 14.2. The second-order valence-corrected chi connectivity index (χ2v) is 10.6. The fraction of sp³-hybridized carbons (Fsp3) is 0.594. The highest BCUT2D eigenvalue weighted by Crippen LogP contribution is 2.38. The Labute approximate surface area is 225 Å². The SMILES string of the molecule is CCCCCC.COc1cc(C(C)(C)CCCCC(=O)N2CCOCC2)ccc1-c1ccccc1CN. The van der Waals surface area contributed by atoms with Gasteiger partial charge in [-0.05, 0) is 41.0 Å². The fourth-order valence-corrected chi connectivity index (χ4v) is 4.75. The van der Waals surface area contributed by atoms with E-state index in [0.717, 1.165) is 54.8 Å². The van der Waals surface area contributed by atoms with E-state index in [9.17, 15) is 4.79 Å². The molecule has 1 saturated heterocycles. The van der Waals surface area contributed by atoms with Gasteiger partial charge in [-0.15, -0.1) is 0 Å². The van der Waals surface area contributed by atoms with Crippen molar-refractivity contribution in [2.75, 3.05) is 33.4 Å². The van der Waals surface area contributed by atoms with Gasteiger partial charge in [0.2, 0.25) is 5.91 Å². The van der Waals surface area contributed by atoms with Crippen LogP contribution >= 0.6 is 0 Å². The molecule has 1 amide bonds. The molecule has 0 atom stereocenters. The Balaban J connectivity index is 0.000000717. The van der Waals surface area contributed by atoms with Crippen molar-refractivity contribution < 1.29 is 14.3 Å². The summed E-state index contributed by atoms with van der Waals surface area (Å²) in [6.07, 6.45) is 9.11. The molecule has 0 unspecified atom stereocenters. The number of carbonyl (C=O) groups excluding carboxylic acids is 1. The first-order chi connectivity index (χ1) is 17.9. The monoisotopic (exact) mass is 510 g/mol. The van der Waals surface area contributed by atoms with E-state index in [2.05, 4.69) is 58.0 Å². The van der Waals surface area contributed by atoms with E-state index in [4.69, 9.17) is 15.2 Å². The lowest BCUT2D eigenvalue weighted by Crippen LogP contribution is -2.40. The van der Waals surface area contributed by atoms with Gasteiger partial charge >= 0.3 is 0 Å². The van der Waals surface area contributed by atoms with Crippen molar-refractivity contribution >= 4 is 5.91 Å². The maximum Gasteiger partial charge on any atom is 0.222 e. The topological polar surface area (TPSA) is 64.8 Å². The summed E-state index contributed by atoms with van der Waals surface area (Å²) >= 11 is 0. The number of nitrogens with two attached hydrogens (primary N) is 1. The summed E-state index contributed by atoms with van der Waals surface area (Å²) in [5, 5.41) is 0. The Morgan fingerprint density at radius 3 is 2.27 bits per heavy atom. The van der Waals surface area contributed by atoms with E-state index < -0.39 is 0 Å². The molecular formula is C32H50N2O3. The van der Waals surface area contributed by atoms with Gasteiger partial charge in [-0.25, -0.2) is 0 Å². The number of ether oxygens (including phenoxy) is 2. The van der Waals surface area contributed by atoms with Crippen molar-refractivity contribution in [2.24, 2.45) is 5.73 Å². The third-order valence-corrected chi connectivity index (χ3v) is 7.27. The van der Waals surface area contributed by atoms with Gasteiger partial charge in [0.05, 0.1) is 20.3 Å². The van der Waals surface area contributed by atoms with E-state index >= 15 is 0 Å². The van der Waals surface area contributed by atoms with Crippen molar-refractivity contribution in [1.82, 2.24) is 4.90 Å². The van der Waals surface area contributed by atoms with E-state index in [1.807, 2.05) is 17.0 Å². The van der Waals surface area contributed by atoms with Crippen molar-refractivity contribution in [2.45, 2.75) is 91.0 Å². The highest BCUT2D eigenvalue weighted by Gasteiger charge is 2.23. The summed E-state index contributed by atoms with van der Waals surface area (Å²) in [7, 11) is 1.72. The van der Waals surface area contributed by atoms with Crippen LogP contribution in [0.25, 0.3) is 11.1 Å². The van der Waals surface area contributed by atoms with Crippen LogP contribution in [0, 0.1) is 0 Å². The van der Waals surface area contributed by atoms with E-state index in [-0.39, 0.29) is 11.3 Å². The molecule has 0 aromatic heterocycles. The lowest BCUT2D eigenvalue weighted by Gasteiger charge is -2.28. The van der Waals surface area contributed by atoms with Gasteiger partial charge in [-0.2, -0.15) is 0 Å². The summed E-state index contributed by atoms with van der Waals surface area (Å²) in [4.78, 5) is 14.3. The third-order valence-electron chi connectivity index (χ3n) is 7.27. The van der Waals surface area contributed by atoms with Crippen LogP contribution in [0.15, 0.2) is 42.5 Å².